The van der Waals surface area contributed by atoms with Crippen molar-refractivity contribution in [1.82, 2.24) is 10.3 Å². The Bertz CT molecular complexity index is 1440. The first-order valence-corrected chi connectivity index (χ1v) is 12.3. The number of hydrogen-bond acceptors (Lipinski definition) is 7. The van der Waals surface area contributed by atoms with Crippen LogP contribution in [0.5, 0.6) is 28.7 Å². The number of rotatable bonds is 9. The minimum atomic E-state index is -0.508. The van der Waals surface area contributed by atoms with Gasteiger partial charge < -0.3 is 39.1 Å². The lowest BCUT2D eigenvalue weighted by molar-refractivity contribution is 0.0906. The molecule has 9 heteroatoms. The van der Waals surface area contributed by atoms with Crippen molar-refractivity contribution in [3.63, 3.8) is 0 Å². The number of aliphatic hydroxyl groups excluding tert-OH is 1. The number of nitrogens with one attached hydrogen (secondary N) is 2. The Morgan fingerprint density at radius 1 is 1.00 bits per heavy atom. The van der Waals surface area contributed by atoms with Gasteiger partial charge in [-0.05, 0) is 53.4 Å². The molecule has 3 N–H and O–H groups in total. The average molecular weight is 519 g/mol. The quantitative estimate of drug-likeness (QED) is 0.308. The summed E-state index contributed by atoms with van der Waals surface area (Å²) in [4.78, 5) is 16.8. The van der Waals surface area contributed by atoms with E-state index in [1.807, 2.05) is 48.7 Å². The number of aliphatic hydroxyl groups is 1. The molecule has 1 atom stereocenters. The molecule has 0 fully saturated rings. The Kier molecular flexibility index (Phi) is 7.28. The third-order valence-electron chi connectivity index (χ3n) is 6.58. The number of amides is 1. The van der Waals surface area contributed by atoms with E-state index in [2.05, 4.69) is 10.3 Å². The van der Waals surface area contributed by atoms with Gasteiger partial charge >= 0.3 is 0 Å². The van der Waals surface area contributed by atoms with Gasteiger partial charge in [0, 0.05) is 17.1 Å². The molecule has 1 aliphatic heterocycles. The zero-order valence-electron chi connectivity index (χ0n) is 21.5. The zero-order chi connectivity index (χ0) is 26.6. The Morgan fingerprint density at radius 3 is 2.42 bits per heavy atom. The number of carbonyl (C=O) groups is 1. The summed E-state index contributed by atoms with van der Waals surface area (Å²) in [5.74, 6) is 1.90. The molecule has 5 rings (SSSR count). The number of fused-ring (bicyclic) bond motifs is 2. The number of hydrogen-bond donors (Lipinski definition) is 3. The van der Waals surface area contributed by atoms with Crippen LogP contribution >= 0.6 is 0 Å². The van der Waals surface area contributed by atoms with Crippen LogP contribution in [0.2, 0.25) is 0 Å². The molecule has 0 aliphatic carbocycles. The molecule has 1 aromatic heterocycles. The number of para-hydroxylation sites is 1. The molecular formula is C29H30N2O7. The van der Waals surface area contributed by atoms with Crippen molar-refractivity contribution in [2.75, 3.05) is 41.2 Å². The number of aromatic nitrogens is 1. The predicted molar refractivity (Wildman–Crippen MR) is 143 cm³/mol. The molecule has 0 saturated heterocycles. The van der Waals surface area contributed by atoms with Gasteiger partial charge in [0.1, 0.15) is 13.2 Å². The Hall–Kier alpha value is -4.37. The normalized spacial score (nSPS) is 13.2. The van der Waals surface area contributed by atoms with Gasteiger partial charge in [-0.1, -0.05) is 18.2 Å². The molecule has 9 nitrogen and oxygen atoms in total. The smallest absolute Gasteiger partial charge is 0.255 e. The number of H-pyrrole nitrogens is 1. The Morgan fingerprint density at radius 2 is 1.71 bits per heavy atom. The maximum atomic E-state index is 13.6. The first-order valence-electron chi connectivity index (χ1n) is 12.3. The van der Waals surface area contributed by atoms with Crippen LogP contribution in [0, 0.1) is 0 Å². The van der Waals surface area contributed by atoms with Crippen LogP contribution in [0.15, 0.2) is 54.7 Å². The first kappa shape index (κ1) is 25.3. The minimum absolute atomic E-state index is 0.225. The van der Waals surface area contributed by atoms with Crippen molar-refractivity contribution in [1.29, 1.82) is 0 Å². The summed E-state index contributed by atoms with van der Waals surface area (Å²) in [7, 11) is 4.64. The fourth-order valence-corrected chi connectivity index (χ4v) is 4.73. The maximum Gasteiger partial charge on any atom is 0.255 e. The molecule has 4 aromatic rings. The average Bonchev–Trinajstić information content (AvgIpc) is 3.37. The van der Waals surface area contributed by atoms with Crippen LogP contribution in [0.3, 0.4) is 0 Å². The van der Waals surface area contributed by atoms with E-state index < -0.39 is 6.04 Å². The van der Waals surface area contributed by atoms with Crippen molar-refractivity contribution in [3.05, 3.63) is 65.9 Å². The number of benzene rings is 3. The topological polar surface area (TPSA) is 111 Å². The highest BCUT2D eigenvalue weighted by atomic mass is 16.6. The molecule has 0 saturated carbocycles. The maximum absolute atomic E-state index is 13.6. The van der Waals surface area contributed by atoms with Crippen LogP contribution in [-0.2, 0) is 6.42 Å². The van der Waals surface area contributed by atoms with Gasteiger partial charge in [-0.25, -0.2) is 0 Å². The lowest BCUT2D eigenvalue weighted by Crippen LogP contribution is -2.39. The minimum Gasteiger partial charge on any atom is -0.493 e. The summed E-state index contributed by atoms with van der Waals surface area (Å²) in [6.45, 7) is 0.472. The van der Waals surface area contributed by atoms with E-state index in [9.17, 15) is 9.90 Å². The first-order chi connectivity index (χ1) is 18.6. The molecule has 0 spiro atoms. The van der Waals surface area contributed by atoms with E-state index >= 15 is 0 Å². The Labute approximate surface area is 220 Å². The fraction of sp³-hybridized carbons (Fsp3) is 0.276. The Balaban J connectivity index is 1.49. The van der Waals surface area contributed by atoms with Crippen LogP contribution in [0.1, 0.15) is 15.9 Å². The molecule has 2 heterocycles. The fourth-order valence-electron chi connectivity index (χ4n) is 4.73. The molecule has 3 aromatic carbocycles. The van der Waals surface area contributed by atoms with Gasteiger partial charge in [-0.3, -0.25) is 4.79 Å². The van der Waals surface area contributed by atoms with Gasteiger partial charge in [0.25, 0.3) is 5.91 Å². The highest BCUT2D eigenvalue weighted by molar-refractivity contribution is 6.00. The van der Waals surface area contributed by atoms with E-state index in [0.717, 1.165) is 22.0 Å². The van der Waals surface area contributed by atoms with E-state index in [0.29, 0.717) is 59.5 Å². The van der Waals surface area contributed by atoms with E-state index in [1.54, 1.807) is 27.4 Å². The second-order valence-electron chi connectivity index (χ2n) is 8.88. The lowest BCUT2D eigenvalue weighted by atomic mass is 9.99. The second kappa shape index (κ2) is 10.9. The molecule has 1 unspecified atom stereocenters. The van der Waals surface area contributed by atoms with E-state index in [1.165, 1.54) is 0 Å². The van der Waals surface area contributed by atoms with Crippen molar-refractivity contribution < 1.29 is 33.6 Å². The molecular weight excluding hydrogens is 488 g/mol. The highest BCUT2D eigenvalue weighted by Gasteiger charge is 2.25. The van der Waals surface area contributed by atoms with Crippen molar-refractivity contribution in [2.24, 2.45) is 0 Å². The van der Waals surface area contributed by atoms with Crippen molar-refractivity contribution in [3.8, 4) is 39.9 Å². The van der Waals surface area contributed by atoms with Crippen molar-refractivity contribution >= 4 is 16.8 Å². The lowest BCUT2D eigenvalue weighted by Gasteiger charge is -2.23. The molecule has 198 valence electrons. The molecule has 0 radical (unpaired) electrons. The number of ether oxygens (including phenoxy) is 5. The predicted octanol–water partition coefficient (Wildman–Crippen LogP) is 3.97. The number of aromatic amines is 1. The molecule has 1 amide bonds. The molecule has 1 aliphatic rings. The molecule has 38 heavy (non-hydrogen) atoms. The summed E-state index contributed by atoms with van der Waals surface area (Å²) in [6.07, 6.45) is 2.36. The number of carbonyl (C=O) groups excluding carboxylic acids is 1. The van der Waals surface area contributed by atoms with Gasteiger partial charge in [0.15, 0.2) is 23.0 Å². The zero-order valence-corrected chi connectivity index (χ0v) is 21.5. The van der Waals surface area contributed by atoms with Gasteiger partial charge in [-0.15, -0.1) is 0 Å². The van der Waals surface area contributed by atoms with Crippen molar-refractivity contribution in [2.45, 2.75) is 12.5 Å². The third kappa shape index (κ3) is 4.80. The van der Waals surface area contributed by atoms with Crippen LogP contribution in [-0.4, -0.2) is 63.2 Å². The molecule has 0 bridgehead atoms. The van der Waals surface area contributed by atoms with Gasteiger partial charge in [0.2, 0.25) is 5.75 Å². The standard InChI is InChI=1S/C29H30N2O7/c1-34-24-12-18(13-25(35-2)28(24)36-3)17-11-22(27-26(14-17)37-8-9-38-27)29(33)31-20(16-32)10-19-15-30-23-7-5-4-6-21(19)23/h4-7,11-15,20,30,32H,8-10,16H2,1-3H3,(H,31,33). The largest absolute Gasteiger partial charge is 0.493 e. The third-order valence-corrected chi connectivity index (χ3v) is 6.58. The van der Waals surface area contributed by atoms with E-state index in [-0.39, 0.29) is 12.5 Å². The van der Waals surface area contributed by atoms with Gasteiger partial charge in [-0.2, -0.15) is 0 Å². The monoisotopic (exact) mass is 518 g/mol. The van der Waals surface area contributed by atoms with Gasteiger partial charge in [0.05, 0.1) is 39.5 Å². The summed E-state index contributed by atoms with van der Waals surface area (Å²) in [5, 5.41) is 14.1. The second-order valence-corrected chi connectivity index (χ2v) is 8.88. The van der Waals surface area contributed by atoms with E-state index in [4.69, 9.17) is 23.7 Å². The highest BCUT2D eigenvalue weighted by Crippen LogP contribution is 2.44. The number of methoxy groups -OCH3 is 3. The summed E-state index contributed by atoms with van der Waals surface area (Å²) >= 11 is 0. The van der Waals surface area contributed by atoms with Crippen LogP contribution in [0.25, 0.3) is 22.0 Å². The van der Waals surface area contributed by atoms with Crippen LogP contribution < -0.4 is 29.0 Å². The SMILES string of the molecule is COc1cc(-c2cc3c(c(C(=O)NC(CO)Cc4c[nH]c5ccccc45)c2)OCCO3)cc(OC)c1OC. The summed E-state index contributed by atoms with van der Waals surface area (Å²) in [6, 6.07) is 14.6. The van der Waals surface area contributed by atoms with Crippen LogP contribution in [0.4, 0.5) is 0 Å². The summed E-state index contributed by atoms with van der Waals surface area (Å²) in [5.41, 5.74) is 3.76. The summed E-state index contributed by atoms with van der Waals surface area (Å²) < 4.78 is 28.2.